The molecule has 1 heterocycles. The van der Waals surface area contributed by atoms with Crippen LogP contribution in [0, 0.1) is 6.92 Å². The van der Waals surface area contributed by atoms with E-state index in [9.17, 15) is 4.79 Å². The summed E-state index contributed by atoms with van der Waals surface area (Å²) in [5.41, 5.74) is 2.96. The summed E-state index contributed by atoms with van der Waals surface area (Å²) in [4.78, 5) is 17.1. The van der Waals surface area contributed by atoms with E-state index in [0.29, 0.717) is 0 Å². The Morgan fingerprint density at radius 3 is 2.65 bits per heavy atom. The number of imidazole rings is 1. The maximum absolute atomic E-state index is 12.7. The molecule has 5 heteroatoms. The maximum atomic E-state index is 12.7. The summed E-state index contributed by atoms with van der Waals surface area (Å²) in [5.74, 6) is 1.53. The second-order valence-electron chi connectivity index (χ2n) is 6.29. The lowest BCUT2D eigenvalue weighted by Gasteiger charge is -2.19. The molecule has 26 heavy (non-hydrogen) atoms. The zero-order valence-corrected chi connectivity index (χ0v) is 15.3. The van der Waals surface area contributed by atoms with Crippen molar-refractivity contribution in [3.05, 3.63) is 83.4 Å². The third-order valence-corrected chi connectivity index (χ3v) is 4.39. The van der Waals surface area contributed by atoms with Crippen molar-refractivity contribution in [2.75, 3.05) is 7.11 Å². The molecule has 0 saturated carbocycles. The molecule has 0 aliphatic carbocycles. The molecule has 0 aliphatic rings. The van der Waals surface area contributed by atoms with Gasteiger partial charge in [0.05, 0.1) is 13.5 Å². The van der Waals surface area contributed by atoms with E-state index < -0.39 is 0 Å². The first-order valence-electron chi connectivity index (χ1n) is 8.53. The van der Waals surface area contributed by atoms with Crippen LogP contribution < -0.4 is 10.1 Å². The summed E-state index contributed by atoms with van der Waals surface area (Å²) in [6.07, 6.45) is 3.90. The summed E-state index contributed by atoms with van der Waals surface area (Å²) in [5, 5.41) is 3.11. The monoisotopic (exact) mass is 349 g/mol. The number of rotatable bonds is 6. The van der Waals surface area contributed by atoms with Crippen molar-refractivity contribution in [1.29, 1.82) is 0 Å². The van der Waals surface area contributed by atoms with Crippen molar-refractivity contribution in [1.82, 2.24) is 14.9 Å². The average molecular weight is 349 g/mol. The molecule has 0 radical (unpaired) electrons. The Morgan fingerprint density at radius 1 is 1.23 bits per heavy atom. The number of nitrogens with one attached hydrogen (secondary N) is 1. The standard InChI is InChI=1S/C21H23N3O2/c1-15-9-10-16(13-18(15)26-3)14-19(25)23-20(17-7-5-4-6-8-17)21-22-11-12-24(21)2/h4-13,20H,14H2,1-3H3,(H,23,25)/t20-/m0/s1. The lowest BCUT2D eigenvalue weighted by atomic mass is 10.0. The smallest absolute Gasteiger partial charge is 0.225 e. The van der Waals surface area contributed by atoms with Gasteiger partial charge in [0.25, 0.3) is 0 Å². The van der Waals surface area contributed by atoms with Crippen LogP contribution in [0.1, 0.15) is 28.6 Å². The molecule has 3 aromatic rings. The number of carbonyl (C=O) groups excluding carboxylic acids is 1. The summed E-state index contributed by atoms with van der Waals surface area (Å²) < 4.78 is 7.27. The highest BCUT2D eigenvalue weighted by Crippen LogP contribution is 2.22. The zero-order valence-electron chi connectivity index (χ0n) is 15.3. The molecule has 1 atom stereocenters. The number of benzene rings is 2. The van der Waals surface area contributed by atoms with Gasteiger partial charge in [0, 0.05) is 19.4 Å². The Hall–Kier alpha value is -3.08. The lowest BCUT2D eigenvalue weighted by Crippen LogP contribution is -2.32. The number of nitrogens with zero attached hydrogens (tertiary/aromatic N) is 2. The third-order valence-electron chi connectivity index (χ3n) is 4.39. The van der Waals surface area contributed by atoms with Crippen LogP contribution >= 0.6 is 0 Å². The highest BCUT2D eigenvalue weighted by Gasteiger charge is 2.20. The quantitative estimate of drug-likeness (QED) is 0.744. The number of amides is 1. The van der Waals surface area contributed by atoms with Crippen LogP contribution in [0.25, 0.3) is 0 Å². The van der Waals surface area contributed by atoms with E-state index in [0.717, 1.165) is 28.3 Å². The van der Waals surface area contributed by atoms with E-state index in [-0.39, 0.29) is 18.4 Å². The highest BCUT2D eigenvalue weighted by atomic mass is 16.5. The van der Waals surface area contributed by atoms with Gasteiger partial charge in [-0.15, -0.1) is 0 Å². The minimum Gasteiger partial charge on any atom is -0.496 e. The fourth-order valence-corrected chi connectivity index (χ4v) is 2.97. The van der Waals surface area contributed by atoms with Crippen LogP contribution in [0.5, 0.6) is 5.75 Å². The van der Waals surface area contributed by atoms with Crippen molar-refractivity contribution in [3.8, 4) is 5.75 Å². The molecule has 3 rings (SSSR count). The molecule has 0 bridgehead atoms. The van der Waals surface area contributed by atoms with Crippen molar-refractivity contribution in [2.24, 2.45) is 7.05 Å². The second-order valence-corrected chi connectivity index (χ2v) is 6.29. The Labute approximate surface area is 153 Å². The number of hydrogen-bond donors (Lipinski definition) is 1. The van der Waals surface area contributed by atoms with Crippen LogP contribution in [0.4, 0.5) is 0 Å². The molecule has 2 aromatic carbocycles. The van der Waals surface area contributed by atoms with Crippen LogP contribution in [-0.4, -0.2) is 22.6 Å². The van der Waals surface area contributed by atoms with Gasteiger partial charge >= 0.3 is 0 Å². The molecule has 0 fully saturated rings. The van der Waals surface area contributed by atoms with E-state index in [1.807, 2.05) is 73.3 Å². The minimum absolute atomic E-state index is 0.0623. The summed E-state index contributed by atoms with van der Waals surface area (Å²) >= 11 is 0. The lowest BCUT2D eigenvalue weighted by molar-refractivity contribution is -0.121. The number of methoxy groups -OCH3 is 1. The van der Waals surface area contributed by atoms with Gasteiger partial charge in [0.2, 0.25) is 5.91 Å². The van der Waals surface area contributed by atoms with Crippen molar-refractivity contribution in [2.45, 2.75) is 19.4 Å². The van der Waals surface area contributed by atoms with Gasteiger partial charge in [-0.2, -0.15) is 0 Å². The predicted octanol–water partition coefficient (Wildman–Crippen LogP) is 3.19. The Bertz CT molecular complexity index is 887. The number of carbonyl (C=O) groups is 1. The zero-order chi connectivity index (χ0) is 18.5. The van der Waals surface area contributed by atoms with E-state index >= 15 is 0 Å². The number of hydrogen-bond acceptors (Lipinski definition) is 3. The molecule has 134 valence electrons. The molecular weight excluding hydrogens is 326 g/mol. The van der Waals surface area contributed by atoms with Crippen molar-refractivity contribution >= 4 is 5.91 Å². The fraction of sp³-hybridized carbons (Fsp3) is 0.238. The SMILES string of the molecule is COc1cc(CC(=O)N[C@@H](c2ccccc2)c2nccn2C)ccc1C. The van der Waals surface area contributed by atoms with Crippen LogP contribution in [0.3, 0.4) is 0 Å². The molecule has 5 nitrogen and oxygen atoms in total. The number of aromatic nitrogens is 2. The largest absolute Gasteiger partial charge is 0.496 e. The highest BCUT2D eigenvalue weighted by molar-refractivity contribution is 5.79. The molecule has 1 N–H and O–H groups in total. The minimum atomic E-state index is -0.295. The molecule has 0 saturated heterocycles. The Balaban J connectivity index is 1.81. The predicted molar refractivity (Wildman–Crippen MR) is 101 cm³/mol. The van der Waals surface area contributed by atoms with Crippen LogP contribution in [-0.2, 0) is 18.3 Å². The van der Waals surface area contributed by atoms with Crippen molar-refractivity contribution < 1.29 is 9.53 Å². The topological polar surface area (TPSA) is 56.1 Å². The molecule has 0 unspecified atom stereocenters. The maximum Gasteiger partial charge on any atom is 0.225 e. The summed E-state index contributed by atoms with van der Waals surface area (Å²) in [6.45, 7) is 1.98. The summed E-state index contributed by atoms with van der Waals surface area (Å²) in [7, 11) is 3.56. The van der Waals surface area contributed by atoms with E-state index in [4.69, 9.17) is 4.74 Å². The Kier molecular flexibility index (Phi) is 5.37. The Morgan fingerprint density at radius 2 is 2.00 bits per heavy atom. The second kappa shape index (κ2) is 7.87. The first-order chi connectivity index (χ1) is 12.6. The molecule has 1 amide bonds. The first kappa shape index (κ1) is 17.7. The van der Waals surface area contributed by atoms with Crippen LogP contribution in [0.2, 0.25) is 0 Å². The molecule has 0 spiro atoms. The number of aryl methyl sites for hydroxylation is 2. The normalized spacial score (nSPS) is 11.8. The van der Waals surface area contributed by atoms with Gasteiger partial charge < -0.3 is 14.6 Å². The van der Waals surface area contributed by atoms with E-state index in [1.54, 1.807) is 13.3 Å². The van der Waals surface area contributed by atoms with Gasteiger partial charge in [-0.25, -0.2) is 4.98 Å². The van der Waals surface area contributed by atoms with Gasteiger partial charge in [-0.1, -0.05) is 42.5 Å². The molecule has 0 aliphatic heterocycles. The van der Waals surface area contributed by atoms with E-state index in [1.165, 1.54) is 0 Å². The van der Waals surface area contributed by atoms with Gasteiger partial charge in [-0.05, 0) is 29.7 Å². The fourth-order valence-electron chi connectivity index (χ4n) is 2.97. The molecular formula is C21H23N3O2. The van der Waals surface area contributed by atoms with Gasteiger partial charge in [0.1, 0.15) is 17.6 Å². The van der Waals surface area contributed by atoms with Gasteiger partial charge in [-0.3, -0.25) is 4.79 Å². The van der Waals surface area contributed by atoms with Crippen LogP contribution in [0.15, 0.2) is 60.9 Å². The first-order valence-corrected chi connectivity index (χ1v) is 8.53. The average Bonchev–Trinajstić information content (AvgIpc) is 3.07. The molecule has 1 aromatic heterocycles. The van der Waals surface area contributed by atoms with Gasteiger partial charge in [0.15, 0.2) is 0 Å². The third kappa shape index (κ3) is 3.94. The number of ether oxygens (including phenoxy) is 1. The van der Waals surface area contributed by atoms with Crippen molar-refractivity contribution in [3.63, 3.8) is 0 Å². The summed E-state index contributed by atoms with van der Waals surface area (Å²) in [6, 6.07) is 15.4. The van der Waals surface area contributed by atoms with E-state index in [2.05, 4.69) is 10.3 Å².